The van der Waals surface area contributed by atoms with Gasteiger partial charge in [-0.25, -0.2) is 9.37 Å². The van der Waals surface area contributed by atoms with Crippen molar-refractivity contribution >= 4 is 23.5 Å². The highest BCUT2D eigenvalue weighted by molar-refractivity contribution is 6.04. The first-order valence-electron chi connectivity index (χ1n) is 9.83. The van der Waals surface area contributed by atoms with Gasteiger partial charge in [-0.3, -0.25) is 4.79 Å². The van der Waals surface area contributed by atoms with Gasteiger partial charge in [-0.1, -0.05) is 18.7 Å². The van der Waals surface area contributed by atoms with Gasteiger partial charge in [0.25, 0.3) is 5.91 Å². The molecule has 0 unspecified atom stereocenters. The largest absolute Gasteiger partial charge is 0.573 e. The van der Waals surface area contributed by atoms with Crippen LogP contribution in [0.1, 0.15) is 23.7 Å². The van der Waals surface area contributed by atoms with Crippen molar-refractivity contribution in [2.24, 2.45) is 0 Å². The van der Waals surface area contributed by atoms with Crippen molar-refractivity contribution in [3.05, 3.63) is 65.6 Å². The maximum Gasteiger partial charge on any atom is 0.573 e. The molecule has 0 saturated carbocycles. The van der Waals surface area contributed by atoms with Crippen molar-refractivity contribution in [3.63, 3.8) is 0 Å². The summed E-state index contributed by atoms with van der Waals surface area (Å²) in [4.78, 5) is 18.2. The lowest BCUT2D eigenvalue weighted by molar-refractivity contribution is -0.274. The number of amides is 1. The first-order chi connectivity index (χ1) is 15.6. The molecule has 0 spiro atoms. The average Bonchev–Trinajstić information content (AvgIpc) is 2.78. The number of aliphatic hydroxyl groups is 2. The zero-order chi connectivity index (χ0) is 24.2. The Morgan fingerprint density at radius 3 is 2.70 bits per heavy atom. The summed E-state index contributed by atoms with van der Waals surface area (Å²) in [7, 11) is 0. The van der Waals surface area contributed by atoms with Crippen molar-refractivity contribution in [2.75, 3.05) is 29.9 Å². The molecule has 2 heterocycles. The first kappa shape index (κ1) is 24.2. The number of aliphatic hydroxyl groups excluding tert-OH is 2. The van der Waals surface area contributed by atoms with Gasteiger partial charge in [-0.2, -0.15) is 0 Å². The zero-order valence-electron chi connectivity index (χ0n) is 17.3. The van der Waals surface area contributed by atoms with Crippen LogP contribution in [0.2, 0.25) is 0 Å². The van der Waals surface area contributed by atoms with E-state index in [0.717, 1.165) is 12.1 Å². The molecule has 0 fully saturated rings. The number of hydrogen-bond acceptors (Lipinski definition) is 6. The number of ether oxygens (including phenoxy) is 1. The van der Waals surface area contributed by atoms with E-state index in [-0.39, 0.29) is 35.6 Å². The molecule has 0 radical (unpaired) electrons. The fourth-order valence-corrected chi connectivity index (χ4v) is 3.25. The van der Waals surface area contributed by atoms with Gasteiger partial charge < -0.3 is 25.2 Å². The summed E-state index contributed by atoms with van der Waals surface area (Å²) >= 11 is 0. The Kier molecular flexibility index (Phi) is 7.34. The lowest BCUT2D eigenvalue weighted by Gasteiger charge is -2.27. The molecule has 0 aliphatic carbocycles. The van der Waals surface area contributed by atoms with Crippen LogP contribution in [-0.2, 0) is 4.79 Å². The second kappa shape index (κ2) is 10.0. The van der Waals surface area contributed by atoms with Crippen molar-refractivity contribution in [1.82, 2.24) is 4.98 Å². The van der Waals surface area contributed by atoms with Crippen molar-refractivity contribution in [3.8, 4) is 5.75 Å². The second-order valence-corrected chi connectivity index (χ2v) is 7.16. The molecule has 3 rings (SSSR count). The molecule has 2 aromatic rings. The Morgan fingerprint density at radius 2 is 2.12 bits per heavy atom. The summed E-state index contributed by atoms with van der Waals surface area (Å²) in [5, 5.41) is 21.2. The van der Waals surface area contributed by atoms with Crippen molar-refractivity contribution in [1.29, 1.82) is 0 Å². The maximum absolute atomic E-state index is 14.4. The highest BCUT2D eigenvalue weighted by Gasteiger charge is 2.32. The Balaban J connectivity index is 1.67. The number of anilines is 2. The summed E-state index contributed by atoms with van der Waals surface area (Å²) in [5.41, 5.74) is 0.899. The number of alkyl halides is 3. The molecule has 1 aromatic carbocycles. The molecule has 1 aromatic heterocycles. The minimum atomic E-state index is -4.85. The number of hydrogen-bond donors (Lipinski definition) is 3. The topological polar surface area (TPSA) is 94.9 Å². The number of pyridine rings is 1. The van der Waals surface area contributed by atoms with Gasteiger partial charge in [0, 0.05) is 41.7 Å². The highest BCUT2D eigenvalue weighted by Crippen LogP contribution is 2.30. The summed E-state index contributed by atoms with van der Waals surface area (Å²) in [5.74, 6) is -1.49. The van der Waals surface area contributed by atoms with E-state index in [1.54, 1.807) is 11.0 Å². The number of carbonyl (C=O) groups is 1. The molecule has 3 N–H and O–H groups in total. The normalized spacial score (nSPS) is 15.0. The summed E-state index contributed by atoms with van der Waals surface area (Å²) in [6.07, 6.45) is -1.75. The van der Waals surface area contributed by atoms with Crippen LogP contribution in [0.4, 0.5) is 29.1 Å². The van der Waals surface area contributed by atoms with Crippen LogP contribution in [0.25, 0.3) is 6.08 Å². The molecule has 33 heavy (non-hydrogen) atoms. The number of halogens is 4. The molecule has 0 bridgehead atoms. The smallest absolute Gasteiger partial charge is 0.405 e. The van der Waals surface area contributed by atoms with Crippen LogP contribution in [0, 0.1) is 5.82 Å². The van der Waals surface area contributed by atoms with Gasteiger partial charge in [-0.15, -0.1) is 13.2 Å². The molecule has 1 aliphatic heterocycles. The van der Waals surface area contributed by atoms with E-state index in [9.17, 15) is 27.5 Å². The van der Waals surface area contributed by atoms with Gasteiger partial charge in [0.05, 0.1) is 6.61 Å². The van der Waals surface area contributed by atoms with Crippen LogP contribution < -0.4 is 15.0 Å². The molecule has 1 atom stereocenters. The van der Waals surface area contributed by atoms with Crippen LogP contribution in [0.3, 0.4) is 0 Å². The molecular weight excluding hydrogens is 446 g/mol. The van der Waals surface area contributed by atoms with Crippen molar-refractivity contribution in [2.45, 2.75) is 18.9 Å². The summed E-state index contributed by atoms with van der Waals surface area (Å²) in [6, 6.07) is 4.77. The standard InChI is InChI=1S/C22H21F4N3O4/c1-2-13-9-16(3-4-19(13)33-22(24,25)26)28-21(32)14-5-7-29(8-6-14)20-17(23)10-15(11-27-20)18(31)12-30/h2-5,9-11,18,30-31H,1,6-8,12H2,(H,28,32)/t18-/m1/s1. The molecule has 1 amide bonds. The number of nitrogens with zero attached hydrogens (tertiary/aromatic N) is 2. The van der Waals surface area contributed by atoms with E-state index < -0.39 is 36.5 Å². The quantitative estimate of drug-likeness (QED) is 0.539. The Morgan fingerprint density at radius 1 is 1.36 bits per heavy atom. The molecular formula is C22H21F4N3O4. The lowest BCUT2D eigenvalue weighted by atomic mass is 10.1. The second-order valence-electron chi connectivity index (χ2n) is 7.16. The van der Waals surface area contributed by atoms with E-state index in [0.29, 0.717) is 12.1 Å². The van der Waals surface area contributed by atoms with Gasteiger partial charge in [0.15, 0.2) is 11.6 Å². The van der Waals surface area contributed by atoms with Gasteiger partial charge in [-0.05, 0) is 30.7 Å². The van der Waals surface area contributed by atoms with E-state index in [4.69, 9.17) is 5.11 Å². The Hall–Kier alpha value is -3.44. The number of carbonyl (C=O) groups excluding carboxylic acids is 1. The van der Waals surface area contributed by atoms with Crippen LogP contribution in [0.5, 0.6) is 5.75 Å². The average molecular weight is 467 g/mol. The Labute approximate surface area is 186 Å². The highest BCUT2D eigenvalue weighted by atomic mass is 19.4. The van der Waals surface area contributed by atoms with Crippen LogP contribution in [0.15, 0.2) is 48.7 Å². The fourth-order valence-electron chi connectivity index (χ4n) is 3.25. The lowest BCUT2D eigenvalue weighted by Crippen LogP contribution is -2.32. The van der Waals surface area contributed by atoms with E-state index in [1.165, 1.54) is 24.4 Å². The van der Waals surface area contributed by atoms with Gasteiger partial charge in [0.2, 0.25) is 0 Å². The van der Waals surface area contributed by atoms with E-state index in [1.807, 2.05) is 0 Å². The minimum Gasteiger partial charge on any atom is -0.405 e. The molecule has 0 saturated heterocycles. The monoisotopic (exact) mass is 467 g/mol. The van der Waals surface area contributed by atoms with Gasteiger partial charge >= 0.3 is 6.36 Å². The fraction of sp³-hybridized carbons (Fsp3) is 0.273. The van der Waals surface area contributed by atoms with Crippen LogP contribution in [-0.4, -0.2) is 47.2 Å². The van der Waals surface area contributed by atoms with Gasteiger partial charge in [0.1, 0.15) is 11.9 Å². The van der Waals surface area contributed by atoms with Crippen molar-refractivity contribution < 1.29 is 37.3 Å². The third-order valence-corrected chi connectivity index (χ3v) is 4.91. The maximum atomic E-state index is 14.4. The van der Waals surface area contributed by atoms with Crippen LogP contribution >= 0.6 is 0 Å². The Bertz CT molecular complexity index is 1070. The first-order valence-corrected chi connectivity index (χ1v) is 9.83. The SMILES string of the molecule is C=Cc1cc(NC(=O)C2=CCN(c3ncc([C@H](O)CO)cc3F)CC2)ccc1OC(F)(F)F. The number of rotatable bonds is 7. The van der Waals surface area contributed by atoms with E-state index >= 15 is 0 Å². The molecule has 11 heteroatoms. The molecule has 7 nitrogen and oxygen atoms in total. The predicted molar refractivity (Wildman–Crippen MR) is 113 cm³/mol. The molecule has 1 aliphatic rings. The number of benzene rings is 1. The summed E-state index contributed by atoms with van der Waals surface area (Å²) in [6.45, 7) is 3.39. The molecule has 176 valence electrons. The number of aromatic nitrogens is 1. The third-order valence-electron chi connectivity index (χ3n) is 4.91. The minimum absolute atomic E-state index is 0.0514. The third kappa shape index (κ3) is 6.08. The summed E-state index contributed by atoms with van der Waals surface area (Å²) < 4.78 is 55.7. The zero-order valence-corrected chi connectivity index (χ0v) is 17.3. The van der Waals surface area contributed by atoms with E-state index in [2.05, 4.69) is 21.6 Å². The number of nitrogens with one attached hydrogen (secondary N) is 1. The predicted octanol–water partition coefficient (Wildman–Crippen LogP) is 3.56.